The van der Waals surface area contributed by atoms with Crippen molar-refractivity contribution in [2.24, 2.45) is 0 Å². The quantitative estimate of drug-likeness (QED) is 0.698. The van der Waals surface area contributed by atoms with Crippen LogP contribution in [0.4, 0.5) is 11.4 Å². The van der Waals surface area contributed by atoms with E-state index in [1.54, 1.807) is 38.5 Å². The fraction of sp³-hybridized carbons (Fsp3) is 0.350. The van der Waals surface area contributed by atoms with Crippen LogP contribution in [0.1, 0.15) is 0 Å². The van der Waals surface area contributed by atoms with Crippen LogP contribution < -0.4 is 24.6 Å². The number of phenols is 1. The number of rotatable bonds is 6. The summed E-state index contributed by atoms with van der Waals surface area (Å²) in [6.45, 7) is 3.66. The molecule has 2 aromatic rings. The van der Waals surface area contributed by atoms with Gasteiger partial charge in [0.2, 0.25) is 0 Å². The molecule has 0 bridgehead atoms. The van der Waals surface area contributed by atoms with E-state index < -0.39 is 0 Å². The van der Waals surface area contributed by atoms with Crippen molar-refractivity contribution in [3.8, 4) is 17.2 Å². The first-order chi connectivity index (χ1) is 13.1. The Morgan fingerprint density at radius 2 is 1.89 bits per heavy atom. The van der Waals surface area contributed by atoms with E-state index >= 15 is 0 Å². The Morgan fingerprint density at radius 1 is 1.15 bits per heavy atom. The van der Waals surface area contributed by atoms with Crippen LogP contribution in [0, 0.1) is 0 Å². The maximum Gasteiger partial charge on any atom is 0.279 e. The maximum absolute atomic E-state index is 12.4. The molecule has 1 fully saturated rings. The first kappa shape index (κ1) is 18.8. The minimum absolute atomic E-state index is 0.0514. The molecule has 3 rings (SSSR count). The summed E-state index contributed by atoms with van der Waals surface area (Å²) >= 11 is 0. The molecule has 0 saturated carbocycles. The fourth-order valence-electron chi connectivity index (χ4n) is 3.30. The molecule has 2 aromatic carbocycles. The highest BCUT2D eigenvalue weighted by atomic mass is 16.5. The largest absolute Gasteiger partial charge is 0.506 e. The molecule has 0 aliphatic carbocycles. The Kier molecular flexibility index (Phi) is 6.03. The average molecular weight is 372 g/mol. The van der Waals surface area contributed by atoms with E-state index in [4.69, 9.17) is 9.47 Å². The summed E-state index contributed by atoms with van der Waals surface area (Å²) < 4.78 is 10.5. The second-order valence-electron chi connectivity index (χ2n) is 6.52. The second-order valence-corrected chi connectivity index (χ2v) is 6.52. The highest BCUT2D eigenvalue weighted by molar-refractivity contribution is 5.93. The molecule has 1 saturated heterocycles. The molecule has 3 N–H and O–H groups in total. The topological polar surface area (TPSA) is 75.5 Å². The van der Waals surface area contributed by atoms with Gasteiger partial charge in [-0.25, -0.2) is 0 Å². The molecule has 1 aliphatic rings. The summed E-state index contributed by atoms with van der Waals surface area (Å²) in [5.41, 5.74) is 1.49. The highest BCUT2D eigenvalue weighted by Gasteiger charge is 2.24. The SMILES string of the molecule is COc1ccc(NC(=O)C[NH+]2CCN(c3ccccc3O)CC2)c(OC)c1. The lowest BCUT2D eigenvalue weighted by Gasteiger charge is -2.33. The Hall–Kier alpha value is -2.93. The van der Waals surface area contributed by atoms with Gasteiger partial charge in [-0.3, -0.25) is 4.79 Å². The van der Waals surface area contributed by atoms with E-state index in [0.717, 1.165) is 31.9 Å². The van der Waals surface area contributed by atoms with Crippen molar-refractivity contribution in [2.75, 3.05) is 57.2 Å². The van der Waals surface area contributed by atoms with Gasteiger partial charge < -0.3 is 29.7 Å². The van der Waals surface area contributed by atoms with Gasteiger partial charge in [0.15, 0.2) is 6.54 Å². The summed E-state index contributed by atoms with van der Waals surface area (Å²) in [5.74, 6) is 1.49. The smallest absolute Gasteiger partial charge is 0.279 e. The van der Waals surface area contributed by atoms with Crippen molar-refractivity contribution in [1.29, 1.82) is 0 Å². The van der Waals surface area contributed by atoms with Gasteiger partial charge in [-0.2, -0.15) is 0 Å². The number of piperazine rings is 1. The number of carbonyl (C=O) groups excluding carboxylic acids is 1. The van der Waals surface area contributed by atoms with Crippen LogP contribution in [0.2, 0.25) is 0 Å². The molecule has 7 heteroatoms. The Bertz CT molecular complexity index is 789. The normalized spacial score (nSPS) is 14.7. The molecule has 144 valence electrons. The number of hydrogen-bond acceptors (Lipinski definition) is 5. The van der Waals surface area contributed by atoms with Gasteiger partial charge in [0.25, 0.3) is 5.91 Å². The predicted octanol–water partition coefficient (Wildman–Crippen LogP) is 0.753. The lowest BCUT2D eigenvalue weighted by atomic mass is 10.2. The van der Waals surface area contributed by atoms with Crippen molar-refractivity contribution in [3.05, 3.63) is 42.5 Å². The maximum atomic E-state index is 12.4. The molecular weight excluding hydrogens is 346 g/mol. The first-order valence-electron chi connectivity index (χ1n) is 8.99. The lowest BCUT2D eigenvalue weighted by molar-refractivity contribution is -0.892. The van der Waals surface area contributed by atoms with E-state index in [2.05, 4.69) is 10.2 Å². The number of quaternary nitrogens is 1. The molecule has 1 aliphatic heterocycles. The van der Waals surface area contributed by atoms with Crippen molar-refractivity contribution in [3.63, 3.8) is 0 Å². The second kappa shape index (κ2) is 8.64. The van der Waals surface area contributed by atoms with Gasteiger partial charge in [0.1, 0.15) is 17.2 Å². The first-order valence-corrected chi connectivity index (χ1v) is 8.99. The number of methoxy groups -OCH3 is 2. The molecule has 0 atom stereocenters. The van der Waals surface area contributed by atoms with Crippen LogP contribution in [0.15, 0.2) is 42.5 Å². The number of aromatic hydroxyl groups is 1. The summed E-state index contributed by atoms with van der Waals surface area (Å²) in [5, 5.41) is 12.9. The van der Waals surface area contributed by atoms with Gasteiger partial charge in [-0.15, -0.1) is 0 Å². The van der Waals surface area contributed by atoms with E-state index in [-0.39, 0.29) is 5.91 Å². The number of nitrogens with one attached hydrogen (secondary N) is 2. The van der Waals surface area contributed by atoms with Crippen LogP contribution in [0.5, 0.6) is 17.2 Å². The van der Waals surface area contributed by atoms with Gasteiger partial charge in [-0.1, -0.05) is 12.1 Å². The Morgan fingerprint density at radius 3 is 2.56 bits per heavy atom. The van der Waals surface area contributed by atoms with Crippen molar-refractivity contribution in [1.82, 2.24) is 0 Å². The Balaban J connectivity index is 1.53. The standard InChI is InChI=1S/C20H25N3O4/c1-26-15-7-8-16(19(13-15)27-2)21-20(25)14-22-9-11-23(12-10-22)17-5-3-4-6-18(17)24/h3-8,13,24H,9-12,14H2,1-2H3,(H,21,25)/p+1. The molecule has 0 radical (unpaired) electrons. The molecule has 0 unspecified atom stereocenters. The fourth-order valence-corrected chi connectivity index (χ4v) is 3.30. The van der Waals surface area contributed by atoms with E-state index in [9.17, 15) is 9.90 Å². The summed E-state index contributed by atoms with van der Waals surface area (Å²) in [4.78, 5) is 15.8. The third-order valence-corrected chi connectivity index (χ3v) is 4.79. The predicted molar refractivity (Wildman–Crippen MR) is 104 cm³/mol. The third-order valence-electron chi connectivity index (χ3n) is 4.79. The number of carbonyl (C=O) groups is 1. The molecule has 27 heavy (non-hydrogen) atoms. The average Bonchev–Trinajstić information content (AvgIpc) is 2.69. The Labute approximate surface area is 159 Å². The zero-order valence-corrected chi connectivity index (χ0v) is 15.7. The van der Waals surface area contributed by atoms with E-state index in [1.807, 2.05) is 18.2 Å². The van der Waals surface area contributed by atoms with Gasteiger partial charge in [0.05, 0.1) is 51.8 Å². The van der Waals surface area contributed by atoms with Crippen LogP contribution in [-0.4, -0.2) is 58.0 Å². The highest BCUT2D eigenvalue weighted by Crippen LogP contribution is 2.29. The van der Waals surface area contributed by atoms with E-state index in [1.165, 1.54) is 4.90 Å². The minimum atomic E-state index is -0.0514. The third kappa shape index (κ3) is 4.62. The molecule has 7 nitrogen and oxygen atoms in total. The monoisotopic (exact) mass is 372 g/mol. The number of para-hydroxylation sites is 2. The number of nitrogens with zero attached hydrogens (tertiary/aromatic N) is 1. The van der Waals surface area contributed by atoms with Crippen molar-refractivity contribution < 1.29 is 24.3 Å². The number of phenolic OH excluding ortho intramolecular Hbond substituents is 1. The number of benzene rings is 2. The van der Waals surface area contributed by atoms with Gasteiger partial charge in [0, 0.05) is 6.07 Å². The van der Waals surface area contributed by atoms with Crippen molar-refractivity contribution >= 4 is 17.3 Å². The number of hydrogen-bond donors (Lipinski definition) is 3. The molecular formula is C20H26N3O4+. The zero-order valence-electron chi connectivity index (χ0n) is 15.7. The summed E-state index contributed by atoms with van der Waals surface area (Å²) in [6.07, 6.45) is 0. The summed E-state index contributed by atoms with van der Waals surface area (Å²) in [7, 11) is 3.15. The molecule has 0 spiro atoms. The minimum Gasteiger partial charge on any atom is -0.506 e. The van der Waals surface area contributed by atoms with Gasteiger partial charge in [-0.05, 0) is 24.3 Å². The van der Waals surface area contributed by atoms with Crippen LogP contribution in [0.3, 0.4) is 0 Å². The van der Waals surface area contributed by atoms with Crippen LogP contribution >= 0.6 is 0 Å². The number of ether oxygens (including phenoxy) is 2. The van der Waals surface area contributed by atoms with Crippen LogP contribution in [-0.2, 0) is 4.79 Å². The lowest BCUT2D eigenvalue weighted by Crippen LogP contribution is -3.15. The molecule has 1 heterocycles. The summed E-state index contributed by atoms with van der Waals surface area (Å²) in [6, 6.07) is 12.7. The van der Waals surface area contributed by atoms with Crippen LogP contribution in [0.25, 0.3) is 0 Å². The number of amides is 1. The zero-order chi connectivity index (χ0) is 19.2. The van der Waals surface area contributed by atoms with Crippen molar-refractivity contribution in [2.45, 2.75) is 0 Å². The molecule has 0 aromatic heterocycles. The van der Waals surface area contributed by atoms with Gasteiger partial charge >= 0.3 is 0 Å². The number of anilines is 2. The van der Waals surface area contributed by atoms with E-state index in [0.29, 0.717) is 29.5 Å². The molecule has 1 amide bonds.